The predicted octanol–water partition coefficient (Wildman–Crippen LogP) is 2.42. The second-order valence-corrected chi connectivity index (χ2v) is 7.05. The van der Waals surface area contributed by atoms with Crippen molar-refractivity contribution in [3.05, 3.63) is 65.4 Å². The molecular weight excluding hydrogens is 410 g/mol. The fourth-order valence-electron chi connectivity index (χ4n) is 3.57. The van der Waals surface area contributed by atoms with Gasteiger partial charge < -0.3 is 16.2 Å². The van der Waals surface area contributed by atoms with Gasteiger partial charge in [-0.3, -0.25) is 23.7 Å². The van der Waals surface area contributed by atoms with Gasteiger partial charge in [0, 0.05) is 31.5 Å². The van der Waals surface area contributed by atoms with Crippen LogP contribution in [0.15, 0.2) is 43.4 Å². The molecule has 8 nitrogen and oxygen atoms in total. The Morgan fingerprint density at radius 1 is 0.812 bits per heavy atom. The SMILES string of the molecule is CC.CCCCOC.Cn1c(=O)c2c(N)c3c(=O)c4ccccc4c(=O)c3c(N)c2c1=O. The summed E-state index contributed by atoms with van der Waals surface area (Å²) in [7, 11) is 3.02. The number of methoxy groups -OCH3 is 1. The summed E-state index contributed by atoms with van der Waals surface area (Å²) in [5, 5.41) is -0.0336. The summed E-state index contributed by atoms with van der Waals surface area (Å²) in [6.45, 7) is 7.06. The van der Waals surface area contributed by atoms with Gasteiger partial charge >= 0.3 is 0 Å². The zero-order valence-electron chi connectivity index (χ0n) is 19.1. The van der Waals surface area contributed by atoms with E-state index >= 15 is 0 Å². The maximum absolute atomic E-state index is 12.8. The first-order chi connectivity index (χ1) is 15.3. The maximum Gasteiger partial charge on any atom is 0.263 e. The number of hydrogen-bond acceptors (Lipinski definition) is 7. The molecule has 32 heavy (non-hydrogen) atoms. The van der Waals surface area contributed by atoms with Crippen LogP contribution in [-0.4, -0.2) is 18.3 Å². The Kier molecular flexibility index (Phi) is 7.88. The molecule has 0 unspecified atom stereocenters. The zero-order chi connectivity index (χ0) is 24.2. The van der Waals surface area contributed by atoms with Crippen LogP contribution in [-0.2, 0) is 11.8 Å². The van der Waals surface area contributed by atoms with E-state index in [0.717, 1.165) is 11.2 Å². The monoisotopic (exact) mass is 439 g/mol. The molecule has 8 heteroatoms. The number of benzene rings is 3. The highest BCUT2D eigenvalue weighted by Crippen LogP contribution is 2.31. The van der Waals surface area contributed by atoms with Crippen LogP contribution in [0.4, 0.5) is 11.4 Å². The number of anilines is 2. The molecule has 3 aromatic carbocycles. The molecule has 4 rings (SSSR count). The number of nitrogens with two attached hydrogens (primary N) is 2. The van der Waals surface area contributed by atoms with E-state index in [1.54, 1.807) is 19.2 Å². The molecule has 0 spiro atoms. The van der Waals surface area contributed by atoms with Crippen molar-refractivity contribution in [2.45, 2.75) is 33.6 Å². The predicted molar refractivity (Wildman–Crippen MR) is 132 cm³/mol. The van der Waals surface area contributed by atoms with Crippen LogP contribution in [0.25, 0.3) is 32.3 Å². The number of nitrogens with zero attached hydrogens (tertiary/aromatic N) is 1. The minimum absolute atomic E-state index is 0.105. The summed E-state index contributed by atoms with van der Waals surface area (Å²) < 4.78 is 5.65. The van der Waals surface area contributed by atoms with Crippen molar-refractivity contribution >= 4 is 43.7 Å². The Morgan fingerprint density at radius 3 is 1.53 bits per heavy atom. The summed E-state index contributed by atoms with van der Waals surface area (Å²) in [5.41, 5.74) is 9.44. The highest BCUT2D eigenvalue weighted by Gasteiger charge is 2.24. The Balaban J connectivity index is 0.000000396. The van der Waals surface area contributed by atoms with Crippen molar-refractivity contribution in [3.63, 3.8) is 0 Å². The third-order valence-corrected chi connectivity index (χ3v) is 5.19. The van der Waals surface area contributed by atoms with Crippen LogP contribution in [0.5, 0.6) is 0 Å². The fraction of sp³-hybridized carbons (Fsp3) is 0.333. The molecule has 0 aliphatic carbocycles. The van der Waals surface area contributed by atoms with E-state index in [-0.39, 0.29) is 43.7 Å². The molecule has 0 bridgehead atoms. The van der Waals surface area contributed by atoms with Crippen molar-refractivity contribution in [2.24, 2.45) is 7.05 Å². The molecule has 4 N–H and O–H groups in total. The van der Waals surface area contributed by atoms with Gasteiger partial charge in [-0.2, -0.15) is 0 Å². The molecule has 1 heterocycles. The standard InChI is InChI=1S/C17H11N3O4.C5H12O.C2H6/c1-20-16(23)10-11(17(20)24)13(19)9-8(12(10)18)14(21)6-4-2-3-5-7(6)15(9)22;1-3-4-5-6-2;1-2/h2-5H,18-19H2,1H3;3-5H2,1-2H3;1-2H3. The van der Waals surface area contributed by atoms with Crippen LogP contribution >= 0.6 is 0 Å². The summed E-state index contributed by atoms with van der Waals surface area (Å²) in [4.78, 5) is 50.1. The van der Waals surface area contributed by atoms with E-state index in [1.165, 1.54) is 32.0 Å². The number of aromatic nitrogens is 1. The van der Waals surface area contributed by atoms with Crippen molar-refractivity contribution in [1.29, 1.82) is 0 Å². The van der Waals surface area contributed by atoms with E-state index in [0.29, 0.717) is 0 Å². The third kappa shape index (κ3) is 3.89. The van der Waals surface area contributed by atoms with Gasteiger partial charge in [-0.25, -0.2) is 0 Å². The Morgan fingerprint density at radius 2 is 1.22 bits per heavy atom. The summed E-state index contributed by atoms with van der Waals surface area (Å²) in [6.07, 6.45) is 2.42. The molecule has 0 fully saturated rings. The molecule has 1 aromatic heterocycles. The van der Waals surface area contributed by atoms with Gasteiger partial charge in [0.2, 0.25) is 0 Å². The lowest BCUT2D eigenvalue weighted by atomic mass is 9.97. The smallest absolute Gasteiger partial charge is 0.263 e. The second-order valence-electron chi connectivity index (χ2n) is 7.05. The number of fused-ring (bicyclic) bond motifs is 3. The third-order valence-electron chi connectivity index (χ3n) is 5.19. The summed E-state index contributed by atoms with van der Waals surface area (Å²) in [6, 6.07) is 6.29. The molecule has 4 aromatic rings. The maximum atomic E-state index is 12.8. The van der Waals surface area contributed by atoms with E-state index in [2.05, 4.69) is 6.92 Å². The fourth-order valence-corrected chi connectivity index (χ4v) is 3.57. The highest BCUT2D eigenvalue weighted by atomic mass is 16.5. The van der Waals surface area contributed by atoms with E-state index < -0.39 is 22.0 Å². The van der Waals surface area contributed by atoms with E-state index in [1.807, 2.05) is 13.8 Å². The van der Waals surface area contributed by atoms with Crippen LogP contribution < -0.4 is 33.4 Å². The van der Waals surface area contributed by atoms with Gasteiger partial charge in [-0.05, 0) is 6.42 Å². The van der Waals surface area contributed by atoms with Gasteiger partial charge in [-0.15, -0.1) is 0 Å². The van der Waals surface area contributed by atoms with Crippen molar-refractivity contribution in [2.75, 3.05) is 25.2 Å². The Labute approximate surface area is 184 Å². The first-order valence-corrected chi connectivity index (χ1v) is 10.5. The molecule has 0 amide bonds. The molecular formula is C24H29N3O5. The minimum Gasteiger partial charge on any atom is -0.397 e. The van der Waals surface area contributed by atoms with E-state index in [9.17, 15) is 19.2 Å². The number of ether oxygens (including phenoxy) is 1. The average molecular weight is 440 g/mol. The lowest BCUT2D eigenvalue weighted by Gasteiger charge is -2.07. The molecule has 0 aliphatic heterocycles. The second kappa shape index (κ2) is 10.2. The molecule has 0 atom stereocenters. The number of rotatable bonds is 3. The van der Waals surface area contributed by atoms with Gasteiger partial charge in [0.25, 0.3) is 11.1 Å². The summed E-state index contributed by atoms with van der Waals surface area (Å²) in [5.74, 6) is 0. The minimum atomic E-state index is -0.638. The van der Waals surface area contributed by atoms with E-state index in [4.69, 9.17) is 16.2 Å². The van der Waals surface area contributed by atoms with Gasteiger partial charge in [0.05, 0.1) is 32.9 Å². The lowest BCUT2D eigenvalue weighted by molar-refractivity contribution is 0.194. The van der Waals surface area contributed by atoms with Crippen molar-refractivity contribution in [1.82, 2.24) is 4.57 Å². The normalized spacial score (nSPS) is 10.7. The number of nitrogen functional groups attached to an aromatic ring is 2. The van der Waals surface area contributed by atoms with Crippen molar-refractivity contribution in [3.8, 4) is 0 Å². The molecule has 0 saturated carbocycles. The molecule has 0 aliphatic rings. The zero-order valence-corrected chi connectivity index (χ0v) is 19.1. The van der Waals surface area contributed by atoms with Crippen LogP contribution in [0.1, 0.15) is 33.6 Å². The number of unbranched alkanes of at least 4 members (excludes halogenated alkanes) is 1. The highest BCUT2D eigenvalue weighted by molar-refractivity contribution is 6.20. The topological polar surface area (TPSA) is 134 Å². The Hall–Kier alpha value is -3.52. The van der Waals surface area contributed by atoms with Gasteiger partial charge in [0.15, 0.2) is 10.9 Å². The molecule has 0 saturated heterocycles. The average Bonchev–Trinajstić information content (AvgIpc) is 3.04. The van der Waals surface area contributed by atoms with Gasteiger partial charge in [-0.1, -0.05) is 51.5 Å². The summed E-state index contributed by atoms with van der Waals surface area (Å²) >= 11 is 0. The van der Waals surface area contributed by atoms with Crippen LogP contribution in [0.3, 0.4) is 0 Å². The van der Waals surface area contributed by atoms with Crippen molar-refractivity contribution < 1.29 is 4.74 Å². The first-order valence-electron chi connectivity index (χ1n) is 10.5. The number of hydrogen-bond donors (Lipinski definition) is 2. The van der Waals surface area contributed by atoms with Gasteiger partial charge in [0.1, 0.15) is 0 Å². The Bertz CT molecular complexity index is 1370. The molecule has 0 radical (unpaired) electrons. The lowest BCUT2D eigenvalue weighted by Crippen LogP contribution is -2.21. The van der Waals surface area contributed by atoms with Crippen LogP contribution in [0, 0.1) is 0 Å². The molecule has 170 valence electrons. The first kappa shape index (κ1) is 24.7. The quantitative estimate of drug-likeness (QED) is 0.217. The van der Waals surface area contributed by atoms with Crippen LogP contribution in [0.2, 0.25) is 0 Å². The largest absolute Gasteiger partial charge is 0.397 e.